The minimum absolute atomic E-state index is 0.0526. The second kappa shape index (κ2) is 30.9. The Morgan fingerprint density at radius 3 is 1.85 bits per heavy atom. The maximum atomic E-state index is 15.3. The highest BCUT2D eigenvalue weighted by Crippen LogP contribution is 2.61. The van der Waals surface area contributed by atoms with E-state index in [1.54, 1.807) is 73.3 Å². The van der Waals surface area contributed by atoms with E-state index in [9.17, 15) is 43.3 Å². The molecule has 2 aromatic heterocycles. The molecule has 25 nitrogen and oxygen atoms in total. The fourth-order valence-electron chi connectivity index (χ4n) is 13.3. The van der Waals surface area contributed by atoms with Crippen LogP contribution in [0, 0.1) is 30.6 Å². The summed E-state index contributed by atoms with van der Waals surface area (Å²) < 4.78 is 17.2. The van der Waals surface area contributed by atoms with Gasteiger partial charge < -0.3 is 85.7 Å². The first-order valence-corrected chi connectivity index (χ1v) is 33.8. The minimum Gasteiger partial charge on any atom is -0.445 e. The maximum absolute atomic E-state index is 15.3. The van der Waals surface area contributed by atoms with Crippen LogP contribution in [-0.4, -0.2) is 167 Å². The normalized spacial score (nSPS) is 19.2. The van der Waals surface area contributed by atoms with Crippen molar-refractivity contribution in [2.75, 3.05) is 87.3 Å². The molecule has 506 valence electrons. The number of fused-ring (bicyclic) bond motifs is 6. The molecule has 0 saturated heterocycles. The monoisotopic (exact) mass is 1350 g/mol. The van der Waals surface area contributed by atoms with E-state index < -0.39 is 67.5 Å². The molecule has 0 spiro atoms. The fourth-order valence-corrected chi connectivity index (χ4v) is 14.1. The standard InChI is InChI=1S/C65H89Cl2N12O13P/c1-11-65(34-64(7,35-65)60(84)78-31-41(27-66)53-47(78)26-49(92-93(88)89)56-51(53)38(5)30-71-56)61(85)79-32-42(28-67)52-46(79)25-48(55-50(52)37(4)29-70-55)91-63(87)77(10)24-23-76(9)62(86)90-33-40-17-19-43(20-18-40)73-57(81)45(16-14-22-69-8)74-59(83)54(36(2)3)75-58(82)44(72-39(6)80)15-12-13-21-68/h17-20,25-26,29-30,36,41-42,44-45,54,69-71,88-89H,11-16,21-24,27-28,31-35,68H2,1-10H3,(H,72,80)(H,73,81)(H,74,83)(H,75,82). The Bertz CT molecular complexity index is 3580. The molecule has 1 aliphatic carbocycles. The van der Waals surface area contributed by atoms with Crippen molar-refractivity contribution >= 4 is 118 Å². The number of ether oxygens (including phenoxy) is 2. The predicted molar refractivity (Wildman–Crippen MR) is 359 cm³/mol. The first-order valence-electron chi connectivity index (χ1n) is 31.6. The molecular formula is C65H89Cl2N12O13P. The lowest BCUT2D eigenvalue weighted by Crippen LogP contribution is -2.60. The summed E-state index contributed by atoms with van der Waals surface area (Å²) in [5.41, 5.74) is 10.5. The van der Waals surface area contributed by atoms with Crippen molar-refractivity contribution in [2.45, 2.75) is 136 Å². The number of nitrogens with zero attached hydrogens (tertiary/aromatic N) is 4. The van der Waals surface area contributed by atoms with E-state index >= 15 is 4.79 Å². The number of aryl methyl sites for hydroxylation is 2. The number of alkyl halides is 2. The smallest absolute Gasteiger partial charge is 0.415 e. The average molecular weight is 1350 g/mol. The molecule has 8 rings (SSSR count). The van der Waals surface area contributed by atoms with Gasteiger partial charge in [-0.05, 0) is 131 Å². The summed E-state index contributed by atoms with van der Waals surface area (Å²) in [5.74, 6) is -2.30. The molecule has 1 fully saturated rings. The largest absolute Gasteiger partial charge is 0.445 e. The quantitative estimate of drug-likeness (QED) is 0.0123. The van der Waals surface area contributed by atoms with E-state index in [4.69, 9.17) is 42.9 Å². The molecule has 2 aliphatic heterocycles. The van der Waals surface area contributed by atoms with Gasteiger partial charge in [-0.3, -0.25) is 28.8 Å². The number of carbonyl (C=O) groups excluding carboxylic acids is 8. The van der Waals surface area contributed by atoms with E-state index in [0.29, 0.717) is 85.4 Å². The number of unbranched alkanes of at least 4 members (excludes halogenated alkanes) is 1. The SMILES string of the molecule is CCC1(C(=O)N2CC(CCl)c3c2cc(OC(=O)N(C)CCN(C)C(=O)OCc2ccc(NC(=O)C(CCCNC)NC(=O)C(NC(=O)C(CCCCN)NC(C)=O)C(C)C)cc2)c2[nH]cc(C)c32)CC(C)(C(=O)N2CC(CCl)c3c2cc(OP(O)O)c2[nH]cc(C)c32)C1. The van der Waals surface area contributed by atoms with Crippen LogP contribution in [0.1, 0.15) is 126 Å². The zero-order chi connectivity index (χ0) is 67.8. The number of aromatic amines is 2. The minimum atomic E-state index is -2.77. The van der Waals surface area contributed by atoms with Gasteiger partial charge in [0.05, 0.1) is 27.8 Å². The van der Waals surface area contributed by atoms with Crippen molar-refractivity contribution in [2.24, 2.45) is 22.5 Å². The summed E-state index contributed by atoms with van der Waals surface area (Å²) in [6.07, 6.45) is 5.60. The van der Waals surface area contributed by atoms with Gasteiger partial charge in [0.1, 0.15) is 24.7 Å². The summed E-state index contributed by atoms with van der Waals surface area (Å²) >= 11 is 13.3. The van der Waals surface area contributed by atoms with Crippen LogP contribution in [0.5, 0.6) is 11.5 Å². The third-order valence-corrected chi connectivity index (χ3v) is 19.3. The van der Waals surface area contributed by atoms with Crippen molar-refractivity contribution in [3.8, 4) is 11.5 Å². The molecule has 93 heavy (non-hydrogen) atoms. The predicted octanol–water partition coefficient (Wildman–Crippen LogP) is 7.99. The average Bonchev–Trinajstić information content (AvgIpc) is 1.67. The molecule has 8 amide bonds. The van der Waals surface area contributed by atoms with Gasteiger partial charge in [0.2, 0.25) is 35.4 Å². The van der Waals surface area contributed by atoms with Crippen LogP contribution in [0.3, 0.4) is 0 Å². The zero-order valence-corrected chi connectivity index (χ0v) is 57.0. The van der Waals surface area contributed by atoms with E-state index in [-0.39, 0.29) is 104 Å². The maximum Gasteiger partial charge on any atom is 0.415 e. The molecule has 3 aliphatic rings. The number of hydrogen-bond acceptors (Lipinski definition) is 15. The van der Waals surface area contributed by atoms with Crippen molar-refractivity contribution < 1.29 is 62.1 Å². The highest BCUT2D eigenvalue weighted by Gasteiger charge is 2.62. The second-order valence-corrected chi connectivity index (χ2v) is 26.8. The Kier molecular flexibility index (Phi) is 23.8. The molecule has 3 aromatic carbocycles. The Morgan fingerprint density at radius 1 is 0.763 bits per heavy atom. The molecule has 1 saturated carbocycles. The number of amides is 8. The molecule has 0 bridgehead atoms. The number of likely N-dealkylation sites (N-methyl/N-ethyl adjacent to an activating group) is 2. The zero-order valence-electron chi connectivity index (χ0n) is 54.6. The van der Waals surface area contributed by atoms with Crippen LogP contribution < -0.4 is 51.4 Å². The van der Waals surface area contributed by atoms with Crippen LogP contribution in [0.25, 0.3) is 21.8 Å². The van der Waals surface area contributed by atoms with Gasteiger partial charge in [-0.1, -0.05) is 39.8 Å². The Balaban J connectivity index is 0.868. The lowest BCUT2D eigenvalue weighted by molar-refractivity contribution is -0.153. The number of nitrogens with one attached hydrogen (secondary N) is 7. The number of anilines is 3. The Morgan fingerprint density at radius 2 is 1.31 bits per heavy atom. The molecule has 0 radical (unpaired) electrons. The lowest BCUT2D eigenvalue weighted by Gasteiger charge is -2.54. The molecular weight excluding hydrogens is 1260 g/mol. The van der Waals surface area contributed by atoms with Crippen LogP contribution >= 0.6 is 31.8 Å². The summed E-state index contributed by atoms with van der Waals surface area (Å²) in [5, 5.41) is 15.8. The highest BCUT2D eigenvalue weighted by molar-refractivity contribution is 7.39. The van der Waals surface area contributed by atoms with Crippen molar-refractivity contribution in [3.05, 3.63) is 76.6 Å². The summed E-state index contributed by atoms with van der Waals surface area (Å²) in [7, 11) is 2.08. The van der Waals surface area contributed by atoms with Crippen molar-refractivity contribution in [1.29, 1.82) is 0 Å². The molecule has 11 N–H and O–H groups in total. The van der Waals surface area contributed by atoms with E-state index in [1.807, 2.05) is 33.9 Å². The number of aromatic nitrogens is 2. The third-order valence-electron chi connectivity index (χ3n) is 18.2. The van der Waals surface area contributed by atoms with Gasteiger partial charge >= 0.3 is 20.8 Å². The van der Waals surface area contributed by atoms with E-state index in [1.165, 1.54) is 30.8 Å². The number of H-pyrrole nitrogens is 2. The summed E-state index contributed by atoms with van der Waals surface area (Å²) in [6, 6.07) is 7.16. The highest BCUT2D eigenvalue weighted by atomic mass is 35.5. The van der Waals surface area contributed by atoms with Crippen LogP contribution in [-0.2, 0) is 40.1 Å². The van der Waals surface area contributed by atoms with Gasteiger partial charge in [-0.25, -0.2) is 9.59 Å². The molecule has 5 atom stereocenters. The van der Waals surface area contributed by atoms with Crippen LogP contribution in [0.2, 0.25) is 0 Å². The number of nitrogens with two attached hydrogens (primary N) is 1. The Labute approximate surface area is 553 Å². The fraction of sp³-hybridized carbons (Fsp3) is 0.538. The van der Waals surface area contributed by atoms with Gasteiger partial charge in [-0.2, -0.15) is 0 Å². The second-order valence-electron chi connectivity index (χ2n) is 25.5. The van der Waals surface area contributed by atoms with Gasteiger partial charge in [-0.15, -0.1) is 23.2 Å². The first-order chi connectivity index (χ1) is 44.2. The topological polar surface area (TPSA) is 335 Å². The van der Waals surface area contributed by atoms with Gasteiger partial charge in [0.25, 0.3) is 0 Å². The van der Waals surface area contributed by atoms with E-state index in [2.05, 4.69) is 36.6 Å². The van der Waals surface area contributed by atoms with Gasteiger partial charge in [0.15, 0.2) is 11.5 Å². The third kappa shape index (κ3) is 15.8. The summed E-state index contributed by atoms with van der Waals surface area (Å²) in [4.78, 5) is 143. The number of hydrogen-bond donors (Lipinski definition) is 10. The summed E-state index contributed by atoms with van der Waals surface area (Å²) in [6.45, 7) is 14.1. The van der Waals surface area contributed by atoms with E-state index in [0.717, 1.165) is 33.0 Å². The Hall–Kier alpha value is -7.25. The van der Waals surface area contributed by atoms with Crippen molar-refractivity contribution in [1.82, 2.24) is 41.0 Å². The molecule has 4 heterocycles. The number of carbonyl (C=O) groups is 8. The first kappa shape index (κ1) is 71.6. The molecule has 5 aromatic rings. The molecule has 28 heteroatoms. The lowest BCUT2D eigenvalue weighted by atomic mass is 9.51. The van der Waals surface area contributed by atoms with Crippen LogP contribution in [0.4, 0.5) is 26.7 Å². The number of halogens is 2. The molecule has 5 unspecified atom stereocenters. The van der Waals surface area contributed by atoms with Crippen molar-refractivity contribution in [3.63, 3.8) is 0 Å². The van der Waals surface area contributed by atoms with Gasteiger partial charge in [0, 0.05) is 117 Å². The number of rotatable bonds is 29. The van der Waals surface area contributed by atoms with Crippen LogP contribution in [0.15, 0.2) is 48.8 Å². The number of benzene rings is 3.